The summed E-state index contributed by atoms with van der Waals surface area (Å²) in [5.74, 6) is -0.0532. The Morgan fingerprint density at radius 2 is 2.25 bits per heavy atom. The lowest BCUT2D eigenvalue weighted by molar-refractivity contribution is 0.0526. The zero-order chi connectivity index (χ0) is 16.9. The summed E-state index contributed by atoms with van der Waals surface area (Å²) in [7, 11) is 0. The molecule has 0 fully saturated rings. The molecule has 24 heavy (non-hydrogen) atoms. The van der Waals surface area contributed by atoms with Crippen LogP contribution in [0.1, 0.15) is 17.3 Å². The van der Waals surface area contributed by atoms with Gasteiger partial charge in [0, 0.05) is 11.6 Å². The number of thioether (sulfide) groups is 1. The van der Waals surface area contributed by atoms with Crippen LogP contribution in [0, 0.1) is 0 Å². The highest BCUT2D eigenvalue weighted by atomic mass is 32.2. The number of nitrogens with one attached hydrogen (secondary N) is 1. The lowest BCUT2D eigenvalue weighted by atomic mass is 10.3. The van der Waals surface area contributed by atoms with Gasteiger partial charge in [0.2, 0.25) is 0 Å². The zero-order valence-electron chi connectivity index (χ0n) is 13.0. The van der Waals surface area contributed by atoms with E-state index in [2.05, 4.69) is 20.3 Å². The maximum absolute atomic E-state index is 12.1. The molecule has 1 N–H and O–H groups in total. The average Bonchev–Trinajstić information content (AvgIpc) is 3.26. The molecule has 0 aliphatic carbocycles. The van der Waals surface area contributed by atoms with E-state index in [1.54, 1.807) is 18.3 Å². The van der Waals surface area contributed by atoms with Gasteiger partial charge in [0.05, 0.1) is 17.2 Å². The molecule has 0 radical (unpaired) electrons. The second-order valence-electron chi connectivity index (χ2n) is 4.48. The minimum absolute atomic E-state index is 0.294. The Bertz CT molecular complexity index is 833. The van der Waals surface area contributed by atoms with Crippen LogP contribution in [0.3, 0.4) is 0 Å². The lowest BCUT2D eigenvalue weighted by Crippen LogP contribution is -2.10. The number of hydrogen-bond acceptors (Lipinski definition) is 9. The Morgan fingerprint density at radius 3 is 2.96 bits per heavy atom. The summed E-state index contributed by atoms with van der Waals surface area (Å²) in [4.78, 5) is 26.2. The van der Waals surface area contributed by atoms with Crippen LogP contribution < -0.4 is 5.32 Å². The Balaban J connectivity index is 1.89. The predicted molar refractivity (Wildman–Crippen MR) is 98.5 cm³/mol. The second-order valence-corrected chi connectivity index (χ2v) is 7.06. The third-order valence-corrected chi connectivity index (χ3v) is 5.16. The van der Waals surface area contributed by atoms with Crippen molar-refractivity contribution in [3.05, 3.63) is 34.7 Å². The predicted octanol–water partition coefficient (Wildman–Crippen LogP) is 4.30. The summed E-state index contributed by atoms with van der Waals surface area (Å²) in [6.45, 7) is 2.05. The van der Waals surface area contributed by atoms with Gasteiger partial charge in [-0.15, -0.1) is 22.7 Å². The van der Waals surface area contributed by atoms with Crippen molar-refractivity contribution < 1.29 is 9.53 Å². The first-order valence-electron chi connectivity index (χ1n) is 7.05. The number of ether oxygens (including phenoxy) is 1. The van der Waals surface area contributed by atoms with E-state index in [-0.39, 0.29) is 0 Å². The summed E-state index contributed by atoms with van der Waals surface area (Å²) in [5.41, 5.74) is 1.19. The molecule has 3 rings (SSSR count). The minimum Gasteiger partial charge on any atom is -0.462 e. The number of nitrogens with zero attached hydrogens (tertiary/aromatic N) is 3. The highest BCUT2D eigenvalue weighted by molar-refractivity contribution is 7.98. The number of hydrogen-bond donors (Lipinski definition) is 1. The van der Waals surface area contributed by atoms with Crippen LogP contribution >= 0.6 is 34.4 Å². The molecule has 6 nitrogen and oxygen atoms in total. The van der Waals surface area contributed by atoms with Crippen LogP contribution in [-0.2, 0) is 4.74 Å². The van der Waals surface area contributed by atoms with E-state index in [9.17, 15) is 4.79 Å². The van der Waals surface area contributed by atoms with E-state index in [1.807, 2.05) is 29.1 Å². The zero-order valence-corrected chi connectivity index (χ0v) is 15.4. The molecule has 3 heterocycles. The number of thiazole rings is 1. The number of thiophene rings is 1. The van der Waals surface area contributed by atoms with Gasteiger partial charge in [-0.05, 0) is 24.6 Å². The molecule has 0 aliphatic rings. The molecule has 0 atom stereocenters. The maximum atomic E-state index is 12.1. The molecule has 0 aromatic carbocycles. The number of aromatic nitrogens is 3. The molecular formula is C15H14N4O2S3. The first kappa shape index (κ1) is 16.9. The van der Waals surface area contributed by atoms with Gasteiger partial charge in [-0.1, -0.05) is 17.8 Å². The van der Waals surface area contributed by atoms with Crippen LogP contribution in [0.25, 0.3) is 10.6 Å². The molecule has 3 aromatic heterocycles. The quantitative estimate of drug-likeness (QED) is 0.389. The summed E-state index contributed by atoms with van der Waals surface area (Å²) in [6, 6.07) is 4.00. The van der Waals surface area contributed by atoms with Crippen LogP contribution in [0.2, 0.25) is 0 Å². The van der Waals surface area contributed by atoms with Crippen molar-refractivity contribution >= 4 is 51.4 Å². The van der Waals surface area contributed by atoms with Crippen molar-refractivity contribution in [3.63, 3.8) is 0 Å². The van der Waals surface area contributed by atoms with Crippen LogP contribution in [-0.4, -0.2) is 33.8 Å². The van der Waals surface area contributed by atoms with Gasteiger partial charge in [-0.2, -0.15) is 0 Å². The summed E-state index contributed by atoms with van der Waals surface area (Å²) >= 11 is 4.49. The largest absolute Gasteiger partial charge is 0.462 e. The third kappa shape index (κ3) is 3.74. The Hall–Kier alpha value is -1.97. The van der Waals surface area contributed by atoms with Gasteiger partial charge in [0.1, 0.15) is 5.56 Å². The van der Waals surface area contributed by atoms with E-state index in [4.69, 9.17) is 4.74 Å². The van der Waals surface area contributed by atoms with Gasteiger partial charge in [-0.25, -0.2) is 19.7 Å². The molecule has 0 bridgehead atoms. The fraction of sp³-hybridized carbons (Fsp3) is 0.200. The number of carbonyl (C=O) groups excluding carboxylic acids is 1. The van der Waals surface area contributed by atoms with Crippen molar-refractivity contribution in [1.29, 1.82) is 0 Å². The standard InChI is InChI=1S/C15H14N4O2S3/c1-3-21-13(20)9-7-16-14(22-2)18-12(9)19-15-17-10(8-24-15)11-5-4-6-23-11/h4-8H,3H2,1-2H3,(H,16,17,18,19). The number of anilines is 2. The topological polar surface area (TPSA) is 77.0 Å². The van der Waals surface area contributed by atoms with E-state index in [1.165, 1.54) is 29.3 Å². The molecular weight excluding hydrogens is 364 g/mol. The molecule has 0 spiro atoms. The van der Waals surface area contributed by atoms with E-state index in [0.29, 0.717) is 28.3 Å². The van der Waals surface area contributed by atoms with Crippen molar-refractivity contribution in [2.24, 2.45) is 0 Å². The molecule has 3 aromatic rings. The Kier molecular flexibility index (Phi) is 5.44. The van der Waals surface area contributed by atoms with Gasteiger partial charge >= 0.3 is 5.97 Å². The molecule has 0 aliphatic heterocycles. The first-order chi connectivity index (χ1) is 11.7. The molecule has 0 amide bonds. The lowest BCUT2D eigenvalue weighted by Gasteiger charge is -2.09. The van der Waals surface area contributed by atoms with Gasteiger partial charge in [0.15, 0.2) is 16.1 Å². The smallest absolute Gasteiger partial charge is 0.343 e. The Labute approximate surface area is 151 Å². The van der Waals surface area contributed by atoms with Gasteiger partial charge < -0.3 is 10.1 Å². The third-order valence-electron chi connectivity index (χ3n) is 2.95. The number of carbonyl (C=O) groups is 1. The van der Waals surface area contributed by atoms with Crippen LogP contribution in [0.4, 0.5) is 10.9 Å². The van der Waals surface area contributed by atoms with Gasteiger partial charge in [-0.3, -0.25) is 0 Å². The van der Waals surface area contributed by atoms with Crippen molar-refractivity contribution in [2.75, 3.05) is 18.2 Å². The van der Waals surface area contributed by atoms with Crippen molar-refractivity contribution in [2.45, 2.75) is 12.1 Å². The molecule has 0 saturated heterocycles. The SMILES string of the molecule is CCOC(=O)c1cnc(SC)nc1Nc1nc(-c2cccs2)cs1. The molecule has 9 heteroatoms. The highest BCUT2D eigenvalue weighted by Gasteiger charge is 2.17. The van der Waals surface area contributed by atoms with Crippen LogP contribution in [0.15, 0.2) is 34.2 Å². The van der Waals surface area contributed by atoms with E-state index < -0.39 is 5.97 Å². The van der Waals surface area contributed by atoms with E-state index in [0.717, 1.165) is 10.6 Å². The number of esters is 1. The maximum Gasteiger partial charge on any atom is 0.343 e. The fourth-order valence-corrected chi connectivity index (χ4v) is 3.70. The van der Waals surface area contributed by atoms with E-state index >= 15 is 0 Å². The summed E-state index contributed by atoms with van der Waals surface area (Å²) < 4.78 is 5.06. The normalized spacial score (nSPS) is 10.6. The fourth-order valence-electron chi connectivity index (χ4n) is 1.89. The van der Waals surface area contributed by atoms with Crippen molar-refractivity contribution in [1.82, 2.24) is 15.0 Å². The number of rotatable bonds is 6. The highest BCUT2D eigenvalue weighted by Crippen LogP contribution is 2.30. The Morgan fingerprint density at radius 1 is 1.38 bits per heavy atom. The first-order valence-corrected chi connectivity index (χ1v) is 10.0. The minimum atomic E-state index is -0.456. The second kappa shape index (κ2) is 7.73. The molecule has 124 valence electrons. The van der Waals surface area contributed by atoms with Crippen molar-refractivity contribution in [3.8, 4) is 10.6 Å². The molecule has 0 saturated carbocycles. The van der Waals surface area contributed by atoms with Crippen LogP contribution in [0.5, 0.6) is 0 Å². The summed E-state index contributed by atoms with van der Waals surface area (Å²) in [6.07, 6.45) is 3.36. The monoisotopic (exact) mass is 378 g/mol. The van der Waals surface area contributed by atoms with Gasteiger partial charge in [0.25, 0.3) is 0 Å². The average molecular weight is 379 g/mol. The molecule has 0 unspecified atom stereocenters. The summed E-state index contributed by atoms with van der Waals surface area (Å²) in [5, 5.41) is 8.32.